The van der Waals surface area contributed by atoms with Gasteiger partial charge in [0.15, 0.2) is 11.6 Å². The highest BCUT2D eigenvalue weighted by atomic mass is 19.2. The van der Waals surface area contributed by atoms with Crippen molar-refractivity contribution in [2.45, 2.75) is 44.9 Å². The molecule has 0 saturated heterocycles. The minimum absolute atomic E-state index is 0.0167. The Bertz CT molecular complexity index is 977. The summed E-state index contributed by atoms with van der Waals surface area (Å²) in [4.78, 5) is 0. The standard InChI is InChI=1S/C24H23F3/c1-2-3-5-15-8-10-18-17-6-4-7-21(25)19(17)11-12-20(18)24(15)16-9-13-22(26)23(27)14-16/h4,6-7,9,11-15,24H,2-3,5,8,10H2,1H3/t15-,24-/m1/s1. The monoisotopic (exact) mass is 368 g/mol. The van der Waals surface area contributed by atoms with Crippen molar-refractivity contribution in [2.75, 3.05) is 0 Å². The maximum atomic E-state index is 14.2. The normalized spacial score (nSPS) is 19.3. The molecule has 0 aromatic heterocycles. The molecule has 0 aliphatic heterocycles. The lowest BCUT2D eigenvalue weighted by Gasteiger charge is -2.35. The molecule has 0 bridgehead atoms. The Hall–Kier alpha value is -2.29. The van der Waals surface area contributed by atoms with Crippen LogP contribution in [0.15, 0.2) is 48.5 Å². The summed E-state index contributed by atoms with van der Waals surface area (Å²) in [5.74, 6) is -1.44. The second-order valence-electron chi connectivity index (χ2n) is 7.56. The van der Waals surface area contributed by atoms with Crippen LogP contribution in [-0.2, 0) is 6.42 Å². The van der Waals surface area contributed by atoms with E-state index in [-0.39, 0.29) is 11.7 Å². The average molecular weight is 368 g/mol. The van der Waals surface area contributed by atoms with Gasteiger partial charge in [-0.2, -0.15) is 0 Å². The molecule has 3 aromatic rings. The fraction of sp³-hybridized carbons (Fsp3) is 0.333. The van der Waals surface area contributed by atoms with Crippen LogP contribution in [0.2, 0.25) is 0 Å². The number of benzene rings is 3. The Morgan fingerprint density at radius 1 is 0.889 bits per heavy atom. The minimum Gasteiger partial charge on any atom is -0.206 e. The van der Waals surface area contributed by atoms with Crippen LogP contribution in [0.25, 0.3) is 10.8 Å². The van der Waals surface area contributed by atoms with E-state index < -0.39 is 11.6 Å². The van der Waals surface area contributed by atoms with Crippen molar-refractivity contribution in [3.63, 3.8) is 0 Å². The zero-order chi connectivity index (χ0) is 19.0. The number of hydrogen-bond donors (Lipinski definition) is 0. The molecule has 3 heteroatoms. The van der Waals surface area contributed by atoms with Crippen LogP contribution in [0.1, 0.15) is 55.2 Å². The molecule has 0 nitrogen and oxygen atoms in total. The summed E-state index contributed by atoms with van der Waals surface area (Å²) in [6.45, 7) is 2.17. The Morgan fingerprint density at radius 3 is 2.52 bits per heavy atom. The topological polar surface area (TPSA) is 0 Å². The SMILES string of the molecule is CCCC[C@@H]1CCc2c(ccc3c(F)cccc23)[C@H]1c1ccc(F)c(F)c1. The van der Waals surface area contributed by atoms with Gasteiger partial charge in [0.05, 0.1) is 0 Å². The van der Waals surface area contributed by atoms with Crippen molar-refractivity contribution in [1.82, 2.24) is 0 Å². The van der Waals surface area contributed by atoms with E-state index in [0.717, 1.165) is 54.2 Å². The van der Waals surface area contributed by atoms with Crippen LogP contribution < -0.4 is 0 Å². The third-order valence-electron chi connectivity index (χ3n) is 5.96. The fourth-order valence-electron chi connectivity index (χ4n) is 4.65. The summed E-state index contributed by atoms with van der Waals surface area (Å²) in [7, 11) is 0. The molecule has 0 spiro atoms. The van der Waals surface area contributed by atoms with Crippen molar-refractivity contribution in [3.05, 3.63) is 82.7 Å². The molecule has 0 heterocycles. The second-order valence-corrected chi connectivity index (χ2v) is 7.56. The van der Waals surface area contributed by atoms with E-state index in [9.17, 15) is 13.2 Å². The predicted molar refractivity (Wildman–Crippen MR) is 103 cm³/mol. The number of fused-ring (bicyclic) bond motifs is 3. The van der Waals surface area contributed by atoms with E-state index >= 15 is 0 Å². The smallest absolute Gasteiger partial charge is 0.159 e. The lowest BCUT2D eigenvalue weighted by atomic mass is 9.69. The molecule has 3 aromatic carbocycles. The first kappa shape index (κ1) is 18.1. The Balaban J connectivity index is 1.88. The number of hydrogen-bond acceptors (Lipinski definition) is 0. The van der Waals surface area contributed by atoms with Gasteiger partial charge in [0, 0.05) is 11.3 Å². The quantitative estimate of drug-likeness (QED) is 0.459. The van der Waals surface area contributed by atoms with Crippen molar-refractivity contribution in [3.8, 4) is 0 Å². The number of rotatable bonds is 4. The van der Waals surface area contributed by atoms with Gasteiger partial charge in [0.2, 0.25) is 0 Å². The van der Waals surface area contributed by atoms with Crippen molar-refractivity contribution in [2.24, 2.45) is 5.92 Å². The third kappa shape index (κ3) is 3.24. The Morgan fingerprint density at radius 2 is 1.74 bits per heavy atom. The molecule has 4 rings (SSSR count). The largest absolute Gasteiger partial charge is 0.206 e. The summed E-state index contributed by atoms with van der Waals surface area (Å²) in [5.41, 5.74) is 3.09. The van der Waals surface area contributed by atoms with Crippen molar-refractivity contribution in [1.29, 1.82) is 0 Å². The average Bonchev–Trinajstić information content (AvgIpc) is 2.68. The first-order chi connectivity index (χ1) is 13.1. The fourth-order valence-corrected chi connectivity index (χ4v) is 4.65. The van der Waals surface area contributed by atoms with Gasteiger partial charge in [-0.25, -0.2) is 13.2 Å². The van der Waals surface area contributed by atoms with Crippen LogP contribution in [0.4, 0.5) is 13.2 Å². The number of halogens is 3. The molecule has 1 aliphatic rings. The van der Waals surface area contributed by atoms with Crippen LogP contribution in [0, 0.1) is 23.4 Å². The van der Waals surface area contributed by atoms with E-state index in [2.05, 4.69) is 6.92 Å². The van der Waals surface area contributed by atoms with Gasteiger partial charge in [-0.15, -0.1) is 0 Å². The molecular weight excluding hydrogens is 345 g/mol. The van der Waals surface area contributed by atoms with E-state index in [1.54, 1.807) is 12.1 Å². The van der Waals surface area contributed by atoms with Gasteiger partial charge in [-0.3, -0.25) is 0 Å². The van der Waals surface area contributed by atoms with E-state index in [4.69, 9.17) is 0 Å². The maximum absolute atomic E-state index is 14.2. The predicted octanol–water partition coefficient (Wildman–Crippen LogP) is 7.14. The highest BCUT2D eigenvalue weighted by molar-refractivity contribution is 5.88. The van der Waals surface area contributed by atoms with E-state index in [0.29, 0.717) is 11.3 Å². The molecule has 0 N–H and O–H groups in total. The lowest BCUT2D eigenvalue weighted by Crippen LogP contribution is -2.22. The molecule has 27 heavy (non-hydrogen) atoms. The molecule has 0 saturated carbocycles. The molecule has 0 fully saturated rings. The summed E-state index contributed by atoms with van der Waals surface area (Å²) in [6, 6.07) is 13.3. The molecular formula is C24H23F3. The van der Waals surface area contributed by atoms with Gasteiger partial charge >= 0.3 is 0 Å². The lowest BCUT2D eigenvalue weighted by molar-refractivity contribution is 0.371. The molecule has 140 valence electrons. The van der Waals surface area contributed by atoms with Gasteiger partial charge in [0.1, 0.15) is 5.82 Å². The molecule has 0 unspecified atom stereocenters. The van der Waals surface area contributed by atoms with Gasteiger partial charge in [-0.1, -0.05) is 50.1 Å². The zero-order valence-electron chi connectivity index (χ0n) is 15.4. The zero-order valence-corrected chi connectivity index (χ0v) is 15.4. The maximum Gasteiger partial charge on any atom is 0.159 e. The van der Waals surface area contributed by atoms with Crippen molar-refractivity contribution >= 4 is 10.8 Å². The summed E-state index contributed by atoms with van der Waals surface area (Å²) < 4.78 is 41.7. The Kier molecular flexibility index (Phi) is 4.94. The highest BCUT2D eigenvalue weighted by Gasteiger charge is 2.32. The van der Waals surface area contributed by atoms with Crippen LogP contribution >= 0.6 is 0 Å². The number of aryl methyl sites for hydroxylation is 1. The second kappa shape index (κ2) is 7.38. The third-order valence-corrected chi connectivity index (χ3v) is 5.96. The van der Waals surface area contributed by atoms with E-state index in [1.807, 2.05) is 18.2 Å². The van der Waals surface area contributed by atoms with E-state index in [1.165, 1.54) is 18.2 Å². The van der Waals surface area contributed by atoms with Crippen LogP contribution in [0.5, 0.6) is 0 Å². The van der Waals surface area contributed by atoms with Crippen LogP contribution in [-0.4, -0.2) is 0 Å². The number of unbranched alkanes of at least 4 members (excludes halogenated alkanes) is 1. The van der Waals surface area contributed by atoms with Gasteiger partial charge in [-0.05, 0) is 65.5 Å². The van der Waals surface area contributed by atoms with Gasteiger partial charge < -0.3 is 0 Å². The minimum atomic E-state index is -0.819. The summed E-state index contributed by atoms with van der Waals surface area (Å²) in [6.07, 6.45) is 5.15. The molecule has 2 atom stereocenters. The van der Waals surface area contributed by atoms with Gasteiger partial charge in [0.25, 0.3) is 0 Å². The molecule has 0 amide bonds. The molecule has 1 aliphatic carbocycles. The Labute approximate surface area is 158 Å². The summed E-state index contributed by atoms with van der Waals surface area (Å²) >= 11 is 0. The first-order valence-corrected chi connectivity index (χ1v) is 9.75. The molecule has 0 radical (unpaired) electrons. The first-order valence-electron chi connectivity index (χ1n) is 9.75. The van der Waals surface area contributed by atoms with Crippen LogP contribution in [0.3, 0.4) is 0 Å². The van der Waals surface area contributed by atoms with Crippen molar-refractivity contribution < 1.29 is 13.2 Å². The highest BCUT2D eigenvalue weighted by Crippen LogP contribution is 2.45. The summed E-state index contributed by atoms with van der Waals surface area (Å²) in [5, 5.41) is 1.57.